The molecular formula is C9H14N4OS. The van der Waals surface area contributed by atoms with Crippen LogP contribution in [0.5, 0.6) is 0 Å². The van der Waals surface area contributed by atoms with Crippen molar-refractivity contribution in [3.8, 4) is 0 Å². The minimum atomic E-state index is -0.0169. The van der Waals surface area contributed by atoms with Gasteiger partial charge in [0.1, 0.15) is 0 Å². The number of nitrogens with zero attached hydrogens (tertiary/aromatic N) is 1. The molecule has 3 N–H and O–H groups in total. The molecule has 0 aromatic carbocycles. The van der Waals surface area contributed by atoms with Crippen molar-refractivity contribution in [2.24, 2.45) is 0 Å². The number of amides is 1. The van der Waals surface area contributed by atoms with Crippen LogP contribution in [0.2, 0.25) is 0 Å². The lowest BCUT2D eigenvalue weighted by molar-refractivity contribution is -0.122. The van der Waals surface area contributed by atoms with E-state index in [0.29, 0.717) is 6.54 Å². The van der Waals surface area contributed by atoms with E-state index in [2.05, 4.69) is 20.6 Å². The van der Waals surface area contributed by atoms with E-state index < -0.39 is 0 Å². The molecule has 0 spiro atoms. The van der Waals surface area contributed by atoms with Crippen molar-refractivity contribution < 1.29 is 4.79 Å². The summed E-state index contributed by atoms with van der Waals surface area (Å²) >= 11 is 1.75. The number of hydrogen-bond acceptors (Lipinski definition) is 4. The topological polar surface area (TPSA) is 69.8 Å². The zero-order chi connectivity index (χ0) is 10.5. The number of H-pyrrole nitrogens is 1. The molecule has 2 rings (SSSR count). The van der Waals surface area contributed by atoms with Crippen LogP contribution < -0.4 is 10.6 Å². The van der Waals surface area contributed by atoms with Gasteiger partial charge in [-0.25, -0.2) is 4.98 Å². The molecule has 1 fully saturated rings. The first-order valence-electron chi connectivity index (χ1n) is 4.92. The molecule has 1 saturated heterocycles. The monoisotopic (exact) mass is 226 g/mol. The highest BCUT2D eigenvalue weighted by Crippen LogP contribution is 2.09. The molecule has 6 heteroatoms. The zero-order valence-corrected chi connectivity index (χ0v) is 9.14. The second kappa shape index (κ2) is 5.18. The van der Waals surface area contributed by atoms with Crippen LogP contribution >= 0.6 is 11.8 Å². The molecule has 0 saturated carbocycles. The lowest BCUT2D eigenvalue weighted by Crippen LogP contribution is -2.42. The fourth-order valence-electron chi connectivity index (χ4n) is 1.43. The molecule has 1 aliphatic heterocycles. The number of aromatic nitrogens is 2. The summed E-state index contributed by atoms with van der Waals surface area (Å²) in [5, 5.41) is 6.03. The van der Waals surface area contributed by atoms with E-state index in [0.717, 1.165) is 23.7 Å². The zero-order valence-electron chi connectivity index (χ0n) is 8.32. The van der Waals surface area contributed by atoms with Crippen molar-refractivity contribution in [1.82, 2.24) is 20.6 Å². The standard InChI is InChI=1S/C9H14N4OS/c14-9(8-4-15-6-13-8)11-2-1-7-3-10-5-12-7/h3,5,8,13H,1-2,4,6H2,(H,10,12)(H,11,14). The van der Waals surface area contributed by atoms with E-state index in [1.54, 1.807) is 24.3 Å². The molecule has 15 heavy (non-hydrogen) atoms. The summed E-state index contributed by atoms with van der Waals surface area (Å²) in [5.41, 5.74) is 1.05. The maximum atomic E-state index is 11.6. The Kier molecular flexibility index (Phi) is 3.63. The predicted octanol–water partition coefficient (Wildman–Crippen LogP) is -0.269. The van der Waals surface area contributed by atoms with Crippen LogP contribution in [0.1, 0.15) is 5.69 Å². The van der Waals surface area contributed by atoms with E-state index in [-0.39, 0.29) is 11.9 Å². The molecule has 2 heterocycles. The molecule has 1 aromatic rings. The van der Waals surface area contributed by atoms with Crippen LogP contribution in [-0.2, 0) is 11.2 Å². The minimum Gasteiger partial charge on any atom is -0.354 e. The van der Waals surface area contributed by atoms with Crippen molar-refractivity contribution >= 4 is 17.7 Å². The van der Waals surface area contributed by atoms with E-state index in [9.17, 15) is 4.79 Å². The van der Waals surface area contributed by atoms with Crippen molar-refractivity contribution in [3.05, 3.63) is 18.2 Å². The Morgan fingerprint density at radius 3 is 3.33 bits per heavy atom. The van der Waals surface area contributed by atoms with E-state index in [1.807, 2.05) is 0 Å². The maximum absolute atomic E-state index is 11.6. The third kappa shape index (κ3) is 2.97. The third-order valence-corrected chi connectivity index (χ3v) is 3.22. The summed E-state index contributed by atoms with van der Waals surface area (Å²) < 4.78 is 0. The Bertz CT molecular complexity index is 308. The quantitative estimate of drug-likeness (QED) is 0.661. The highest BCUT2D eigenvalue weighted by molar-refractivity contribution is 7.99. The fourth-order valence-corrected chi connectivity index (χ4v) is 2.37. The van der Waals surface area contributed by atoms with Crippen LogP contribution in [0.15, 0.2) is 12.5 Å². The number of carbonyl (C=O) groups excluding carboxylic acids is 1. The molecule has 82 valence electrons. The van der Waals surface area contributed by atoms with Crippen molar-refractivity contribution in [3.63, 3.8) is 0 Å². The molecular weight excluding hydrogens is 212 g/mol. The van der Waals surface area contributed by atoms with E-state index >= 15 is 0 Å². The summed E-state index contributed by atoms with van der Waals surface area (Å²) in [7, 11) is 0. The summed E-state index contributed by atoms with van der Waals surface area (Å²) in [4.78, 5) is 18.5. The molecule has 1 aromatic heterocycles. The number of carbonyl (C=O) groups is 1. The second-order valence-electron chi connectivity index (χ2n) is 3.39. The van der Waals surface area contributed by atoms with Crippen LogP contribution in [0.4, 0.5) is 0 Å². The van der Waals surface area contributed by atoms with Crippen LogP contribution in [0, 0.1) is 0 Å². The smallest absolute Gasteiger partial charge is 0.238 e. The highest BCUT2D eigenvalue weighted by atomic mass is 32.2. The van der Waals surface area contributed by atoms with Gasteiger partial charge in [-0.1, -0.05) is 0 Å². The molecule has 0 bridgehead atoms. The Labute approximate surface area is 92.4 Å². The number of thioether (sulfide) groups is 1. The largest absolute Gasteiger partial charge is 0.354 e. The summed E-state index contributed by atoms with van der Waals surface area (Å²) in [6, 6.07) is -0.0169. The molecule has 0 radical (unpaired) electrons. The number of hydrogen-bond donors (Lipinski definition) is 3. The summed E-state index contributed by atoms with van der Waals surface area (Å²) in [6.07, 6.45) is 4.22. The number of aromatic amines is 1. The number of imidazole rings is 1. The predicted molar refractivity (Wildman–Crippen MR) is 59.6 cm³/mol. The SMILES string of the molecule is O=C(NCCc1cnc[nH]1)C1CSCN1. The van der Waals surface area contributed by atoms with Gasteiger partial charge >= 0.3 is 0 Å². The van der Waals surface area contributed by atoms with Gasteiger partial charge in [-0.15, -0.1) is 11.8 Å². The summed E-state index contributed by atoms with van der Waals surface area (Å²) in [5.74, 6) is 1.84. The first-order chi connectivity index (χ1) is 7.36. The number of nitrogens with one attached hydrogen (secondary N) is 3. The minimum absolute atomic E-state index is 0.0169. The first-order valence-corrected chi connectivity index (χ1v) is 6.08. The van der Waals surface area contributed by atoms with Gasteiger partial charge in [0.2, 0.25) is 5.91 Å². The Morgan fingerprint density at radius 1 is 1.73 bits per heavy atom. The Balaban J connectivity index is 1.67. The summed E-state index contributed by atoms with van der Waals surface area (Å²) in [6.45, 7) is 0.657. The molecule has 1 amide bonds. The second-order valence-corrected chi connectivity index (χ2v) is 4.42. The van der Waals surface area contributed by atoms with Gasteiger partial charge in [0.15, 0.2) is 0 Å². The fraction of sp³-hybridized carbons (Fsp3) is 0.556. The Hall–Kier alpha value is -1.01. The van der Waals surface area contributed by atoms with Crippen molar-refractivity contribution in [1.29, 1.82) is 0 Å². The lowest BCUT2D eigenvalue weighted by atomic mass is 10.3. The number of rotatable bonds is 4. The van der Waals surface area contributed by atoms with Gasteiger partial charge < -0.3 is 10.3 Å². The van der Waals surface area contributed by atoms with Gasteiger partial charge in [0.05, 0.1) is 12.4 Å². The van der Waals surface area contributed by atoms with Gasteiger partial charge in [0.25, 0.3) is 0 Å². The van der Waals surface area contributed by atoms with Gasteiger partial charge in [0, 0.05) is 36.5 Å². The van der Waals surface area contributed by atoms with Gasteiger partial charge in [-0.05, 0) is 0 Å². The molecule has 1 aliphatic rings. The molecule has 5 nitrogen and oxygen atoms in total. The maximum Gasteiger partial charge on any atom is 0.238 e. The Morgan fingerprint density at radius 2 is 2.67 bits per heavy atom. The van der Waals surface area contributed by atoms with Gasteiger partial charge in [-0.2, -0.15) is 0 Å². The average molecular weight is 226 g/mol. The lowest BCUT2D eigenvalue weighted by Gasteiger charge is -2.09. The molecule has 1 atom stereocenters. The van der Waals surface area contributed by atoms with Crippen LogP contribution in [0.25, 0.3) is 0 Å². The van der Waals surface area contributed by atoms with Crippen LogP contribution in [0.3, 0.4) is 0 Å². The highest BCUT2D eigenvalue weighted by Gasteiger charge is 2.21. The van der Waals surface area contributed by atoms with Crippen molar-refractivity contribution in [2.75, 3.05) is 18.2 Å². The first kappa shape index (κ1) is 10.5. The van der Waals surface area contributed by atoms with Crippen molar-refractivity contribution in [2.45, 2.75) is 12.5 Å². The molecule has 0 aliphatic carbocycles. The third-order valence-electron chi connectivity index (χ3n) is 2.28. The van der Waals surface area contributed by atoms with Gasteiger partial charge in [-0.3, -0.25) is 10.1 Å². The van der Waals surface area contributed by atoms with E-state index in [1.165, 1.54) is 0 Å². The average Bonchev–Trinajstić information content (AvgIpc) is 2.90. The van der Waals surface area contributed by atoms with Crippen LogP contribution in [-0.4, -0.2) is 40.1 Å². The normalized spacial score (nSPS) is 20.4. The molecule has 1 unspecified atom stereocenters. The van der Waals surface area contributed by atoms with E-state index in [4.69, 9.17) is 0 Å².